The zero-order valence-corrected chi connectivity index (χ0v) is 15.6. The largest absolute Gasteiger partial charge is 0.319 e. The summed E-state index contributed by atoms with van der Waals surface area (Å²) < 4.78 is 3.67. The number of halogens is 1. The van der Waals surface area contributed by atoms with Crippen LogP contribution in [0.15, 0.2) is 77.9 Å². The summed E-state index contributed by atoms with van der Waals surface area (Å²) in [6, 6.07) is 11.1. The Balaban J connectivity index is 1.58. The molecular formula is C19H14ClN5OS. The quantitative estimate of drug-likeness (QED) is 0.530. The van der Waals surface area contributed by atoms with E-state index in [2.05, 4.69) is 15.0 Å². The average molecular weight is 396 g/mol. The van der Waals surface area contributed by atoms with E-state index in [9.17, 15) is 4.79 Å². The van der Waals surface area contributed by atoms with Crippen LogP contribution in [-0.4, -0.2) is 25.0 Å². The molecule has 0 bridgehead atoms. The van der Waals surface area contributed by atoms with Gasteiger partial charge in [0, 0.05) is 35.2 Å². The van der Waals surface area contributed by atoms with Crippen LogP contribution in [0.4, 0.5) is 0 Å². The van der Waals surface area contributed by atoms with Gasteiger partial charge in [0.1, 0.15) is 12.1 Å². The minimum atomic E-state index is -0.338. The molecule has 0 radical (unpaired) electrons. The Morgan fingerprint density at radius 3 is 2.81 bits per heavy atom. The molecule has 0 unspecified atom stereocenters. The molecule has 1 amide bonds. The number of aromatic nitrogens is 4. The molecule has 6 nitrogen and oxygen atoms in total. The Morgan fingerprint density at radius 1 is 1.19 bits per heavy atom. The van der Waals surface area contributed by atoms with Crippen LogP contribution >= 0.6 is 22.9 Å². The molecule has 3 aromatic heterocycles. The molecule has 0 spiro atoms. The molecule has 27 heavy (non-hydrogen) atoms. The number of carbonyl (C=O) groups is 1. The van der Waals surface area contributed by atoms with Crippen molar-refractivity contribution in [1.29, 1.82) is 0 Å². The van der Waals surface area contributed by atoms with Gasteiger partial charge in [-0.05, 0) is 23.8 Å². The van der Waals surface area contributed by atoms with Gasteiger partial charge < -0.3 is 4.57 Å². The summed E-state index contributed by atoms with van der Waals surface area (Å²) in [5, 5.41) is 2.58. The van der Waals surface area contributed by atoms with Crippen LogP contribution in [0.2, 0.25) is 5.02 Å². The molecule has 0 N–H and O–H groups in total. The number of imidazole rings is 1. The van der Waals surface area contributed by atoms with Crippen molar-refractivity contribution in [3.63, 3.8) is 0 Å². The maximum Gasteiger partial charge on any atom is 0.281 e. The van der Waals surface area contributed by atoms with Crippen LogP contribution in [0.25, 0.3) is 5.82 Å². The second-order valence-corrected chi connectivity index (χ2v) is 6.98. The zero-order valence-electron chi connectivity index (χ0n) is 14.1. The number of nitrogens with zero attached hydrogens (tertiary/aromatic N) is 5. The van der Waals surface area contributed by atoms with Crippen LogP contribution in [0.1, 0.15) is 15.9 Å². The van der Waals surface area contributed by atoms with Crippen molar-refractivity contribution in [1.82, 2.24) is 19.1 Å². The Morgan fingerprint density at radius 2 is 2.07 bits per heavy atom. The van der Waals surface area contributed by atoms with Gasteiger partial charge in [0.25, 0.3) is 5.91 Å². The summed E-state index contributed by atoms with van der Waals surface area (Å²) in [6.45, 7) is 0.549. The van der Waals surface area contributed by atoms with Crippen molar-refractivity contribution >= 4 is 28.8 Å². The monoisotopic (exact) mass is 395 g/mol. The van der Waals surface area contributed by atoms with E-state index in [0.29, 0.717) is 27.8 Å². The highest BCUT2D eigenvalue weighted by Gasteiger charge is 2.08. The zero-order chi connectivity index (χ0) is 18.6. The van der Waals surface area contributed by atoms with Gasteiger partial charge in [-0.2, -0.15) is 4.99 Å². The van der Waals surface area contributed by atoms with Crippen molar-refractivity contribution < 1.29 is 4.79 Å². The van der Waals surface area contributed by atoms with Gasteiger partial charge >= 0.3 is 0 Å². The van der Waals surface area contributed by atoms with E-state index in [1.54, 1.807) is 35.4 Å². The Kier molecular flexibility index (Phi) is 4.95. The number of rotatable bonds is 4. The van der Waals surface area contributed by atoms with Gasteiger partial charge in [-0.1, -0.05) is 29.8 Å². The second-order valence-electron chi connectivity index (χ2n) is 5.70. The molecule has 134 valence electrons. The predicted octanol–water partition coefficient (Wildman–Crippen LogP) is 3.57. The topological polar surface area (TPSA) is 65.1 Å². The lowest BCUT2D eigenvalue weighted by molar-refractivity contribution is 0.0997. The fourth-order valence-electron chi connectivity index (χ4n) is 2.53. The minimum Gasteiger partial charge on any atom is -0.319 e. The van der Waals surface area contributed by atoms with Gasteiger partial charge in [-0.25, -0.2) is 9.97 Å². The van der Waals surface area contributed by atoms with Crippen LogP contribution in [0, 0.1) is 0 Å². The van der Waals surface area contributed by atoms with E-state index >= 15 is 0 Å². The number of hydrogen-bond donors (Lipinski definition) is 0. The predicted molar refractivity (Wildman–Crippen MR) is 104 cm³/mol. The molecule has 0 aliphatic carbocycles. The van der Waals surface area contributed by atoms with Gasteiger partial charge in [-0.15, -0.1) is 11.3 Å². The fraction of sp³-hybridized carbons (Fsp3) is 0.0526. The maximum atomic E-state index is 12.5. The van der Waals surface area contributed by atoms with E-state index in [1.807, 2.05) is 40.4 Å². The van der Waals surface area contributed by atoms with Crippen molar-refractivity contribution in [2.45, 2.75) is 6.54 Å². The first-order valence-electron chi connectivity index (χ1n) is 8.11. The first-order chi connectivity index (χ1) is 13.2. The van der Waals surface area contributed by atoms with Crippen molar-refractivity contribution in [2.24, 2.45) is 4.99 Å². The lowest BCUT2D eigenvalue weighted by Crippen LogP contribution is -2.17. The molecule has 0 saturated carbocycles. The smallest absolute Gasteiger partial charge is 0.281 e. The number of amides is 1. The van der Waals surface area contributed by atoms with Gasteiger partial charge in [0.2, 0.25) is 0 Å². The van der Waals surface area contributed by atoms with Crippen molar-refractivity contribution in [2.75, 3.05) is 0 Å². The van der Waals surface area contributed by atoms with Crippen molar-refractivity contribution in [3.05, 3.63) is 93.8 Å². The second kappa shape index (κ2) is 7.69. The van der Waals surface area contributed by atoms with E-state index in [-0.39, 0.29) is 5.91 Å². The number of pyridine rings is 1. The van der Waals surface area contributed by atoms with Crippen LogP contribution in [0.3, 0.4) is 0 Å². The summed E-state index contributed by atoms with van der Waals surface area (Å²) in [6.07, 6.45) is 8.52. The molecule has 1 aromatic carbocycles. The highest BCUT2D eigenvalue weighted by molar-refractivity contribution is 7.07. The molecular weight excluding hydrogens is 382 g/mol. The summed E-state index contributed by atoms with van der Waals surface area (Å²) >= 11 is 7.63. The van der Waals surface area contributed by atoms with Gasteiger partial charge in [-0.3, -0.25) is 9.36 Å². The Labute approximate surface area is 164 Å². The number of thiazole rings is 1. The van der Waals surface area contributed by atoms with E-state index in [4.69, 9.17) is 11.6 Å². The van der Waals surface area contributed by atoms with E-state index < -0.39 is 0 Å². The summed E-state index contributed by atoms with van der Waals surface area (Å²) in [7, 11) is 0. The SMILES string of the molecule is O=C(N=c1sccn1Cc1ccccc1Cl)c1ccc(-n2ccnc2)nc1. The van der Waals surface area contributed by atoms with E-state index in [1.165, 1.54) is 17.5 Å². The molecule has 0 saturated heterocycles. The number of carbonyl (C=O) groups excluding carboxylic acids is 1. The summed E-state index contributed by atoms with van der Waals surface area (Å²) in [5.41, 5.74) is 1.40. The van der Waals surface area contributed by atoms with Crippen LogP contribution < -0.4 is 4.80 Å². The Hall–Kier alpha value is -3.03. The average Bonchev–Trinajstić information content (AvgIpc) is 3.36. The third-order valence-corrected chi connectivity index (χ3v) is 5.08. The number of hydrogen-bond acceptors (Lipinski definition) is 4. The van der Waals surface area contributed by atoms with E-state index in [0.717, 1.165) is 5.56 Å². The highest BCUT2D eigenvalue weighted by atomic mass is 35.5. The minimum absolute atomic E-state index is 0.338. The molecule has 4 aromatic rings. The lowest BCUT2D eigenvalue weighted by Gasteiger charge is -2.05. The Bertz CT molecular complexity index is 1130. The summed E-state index contributed by atoms with van der Waals surface area (Å²) in [5.74, 6) is 0.351. The third-order valence-electron chi connectivity index (χ3n) is 3.92. The molecule has 8 heteroatoms. The third kappa shape index (κ3) is 3.89. The molecule has 0 aliphatic rings. The maximum absolute atomic E-state index is 12.5. The normalized spacial score (nSPS) is 11.7. The lowest BCUT2D eigenvalue weighted by atomic mass is 10.2. The molecule has 0 aliphatic heterocycles. The van der Waals surface area contributed by atoms with Gasteiger partial charge in [0.15, 0.2) is 4.80 Å². The molecule has 3 heterocycles. The standard InChI is InChI=1S/C19H14ClN5OS/c20-16-4-2-1-3-15(16)12-24-9-10-27-19(24)23-18(26)14-5-6-17(22-11-14)25-8-7-21-13-25/h1-11,13H,12H2. The first kappa shape index (κ1) is 17.4. The van der Waals surface area contributed by atoms with Crippen LogP contribution in [0.5, 0.6) is 0 Å². The summed E-state index contributed by atoms with van der Waals surface area (Å²) in [4.78, 5) is 25.7. The van der Waals surface area contributed by atoms with Gasteiger partial charge in [0.05, 0.1) is 12.1 Å². The van der Waals surface area contributed by atoms with Crippen LogP contribution in [-0.2, 0) is 6.54 Å². The molecule has 0 atom stereocenters. The molecule has 0 fully saturated rings. The molecule has 4 rings (SSSR count). The van der Waals surface area contributed by atoms with Crippen molar-refractivity contribution in [3.8, 4) is 5.82 Å². The first-order valence-corrected chi connectivity index (χ1v) is 9.37. The fourth-order valence-corrected chi connectivity index (χ4v) is 3.45. The highest BCUT2D eigenvalue weighted by Crippen LogP contribution is 2.15. The number of benzene rings is 1.